The fourth-order valence-corrected chi connectivity index (χ4v) is 3.81. The standard InChI is InChI=1S/C23H18ClN5O3/c24-17-6-4-15(5-7-17)20-9-8-19-22(25-20)26-21(16-2-1-3-18(14-16)29(30)31)27-23(19)28-10-12-32-13-11-28/h1-9,14H,10-13H2. The van der Waals surface area contributed by atoms with Crippen LogP contribution < -0.4 is 4.90 Å². The van der Waals surface area contributed by atoms with E-state index in [-0.39, 0.29) is 5.69 Å². The molecule has 4 aromatic rings. The van der Waals surface area contributed by atoms with E-state index in [1.165, 1.54) is 12.1 Å². The zero-order valence-corrected chi connectivity index (χ0v) is 17.7. The Kier molecular flexibility index (Phi) is 5.38. The Bertz CT molecular complexity index is 1310. The molecule has 1 aliphatic rings. The molecule has 0 radical (unpaired) electrons. The van der Waals surface area contributed by atoms with Crippen LogP contribution in [0.2, 0.25) is 5.02 Å². The molecule has 0 N–H and O–H groups in total. The number of fused-ring (bicyclic) bond motifs is 1. The number of nitro groups is 1. The summed E-state index contributed by atoms with van der Waals surface area (Å²) in [6.07, 6.45) is 0. The Labute approximate surface area is 188 Å². The van der Waals surface area contributed by atoms with E-state index in [0.717, 1.165) is 22.5 Å². The van der Waals surface area contributed by atoms with Crippen molar-refractivity contribution in [1.29, 1.82) is 0 Å². The molecule has 0 spiro atoms. The second kappa shape index (κ2) is 8.49. The number of ether oxygens (including phenoxy) is 1. The maximum Gasteiger partial charge on any atom is 0.270 e. The van der Waals surface area contributed by atoms with Gasteiger partial charge in [0.15, 0.2) is 11.5 Å². The minimum atomic E-state index is -0.426. The lowest BCUT2D eigenvalue weighted by Gasteiger charge is -2.28. The van der Waals surface area contributed by atoms with Crippen molar-refractivity contribution in [3.63, 3.8) is 0 Å². The van der Waals surface area contributed by atoms with Crippen molar-refractivity contribution in [2.45, 2.75) is 0 Å². The van der Waals surface area contributed by atoms with Gasteiger partial charge in [0.25, 0.3) is 5.69 Å². The van der Waals surface area contributed by atoms with Crippen LogP contribution in [0, 0.1) is 10.1 Å². The molecular formula is C23H18ClN5O3. The van der Waals surface area contributed by atoms with Gasteiger partial charge in [-0.1, -0.05) is 35.9 Å². The zero-order chi connectivity index (χ0) is 22.1. The molecule has 160 valence electrons. The smallest absolute Gasteiger partial charge is 0.270 e. The van der Waals surface area contributed by atoms with Crippen molar-refractivity contribution in [3.8, 4) is 22.6 Å². The lowest BCUT2D eigenvalue weighted by atomic mass is 10.1. The maximum atomic E-state index is 11.3. The molecule has 2 aromatic heterocycles. The third-order valence-corrected chi connectivity index (χ3v) is 5.56. The van der Waals surface area contributed by atoms with E-state index < -0.39 is 4.92 Å². The van der Waals surface area contributed by atoms with Gasteiger partial charge in [-0.3, -0.25) is 10.1 Å². The predicted octanol–water partition coefficient (Wildman–Crippen LogP) is 4.76. The number of hydrogen-bond donors (Lipinski definition) is 0. The molecule has 0 atom stereocenters. The van der Waals surface area contributed by atoms with Crippen LogP contribution in [0.25, 0.3) is 33.7 Å². The first kappa shape index (κ1) is 20.3. The Hall–Kier alpha value is -3.62. The van der Waals surface area contributed by atoms with E-state index in [4.69, 9.17) is 26.3 Å². The van der Waals surface area contributed by atoms with Crippen molar-refractivity contribution in [1.82, 2.24) is 15.0 Å². The van der Waals surface area contributed by atoms with Crippen molar-refractivity contribution < 1.29 is 9.66 Å². The Balaban J connectivity index is 1.68. The molecule has 5 rings (SSSR count). The van der Waals surface area contributed by atoms with Gasteiger partial charge in [-0.25, -0.2) is 15.0 Å². The van der Waals surface area contributed by atoms with E-state index in [1.54, 1.807) is 12.1 Å². The van der Waals surface area contributed by atoms with Gasteiger partial charge >= 0.3 is 0 Å². The van der Waals surface area contributed by atoms with Gasteiger partial charge in [0.1, 0.15) is 5.82 Å². The zero-order valence-electron chi connectivity index (χ0n) is 16.9. The molecule has 2 aromatic carbocycles. The molecule has 0 saturated carbocycles. The summed E-state index contributed by atoms with van der Waals surface area (Å²) in [6.45, 7) is 2.60. The van der Waals surface area contributed by atoms with Crippen molar-refractivity contribution in [2.75, 3.05) is 31.2 Å². The summed E-state index contributed by atoms with van der Waals surface area (Å²) < 4.78 is 5.49. The van der Waals surface area contributed by atoms with Crippen LogP contribution in [0.3, 0.4) is 0 Å². The van der Waals surface area contributed by atoms with E-state index in [9.17, 15) is 10.1 Å². The molecule has 0 unspecified atom stereocenters. The number of non-ortho nitro benzene ring substituents is 1. The monoisotopic (exact) mass is 447 g/mol. The predicted molar refractivity (Wildman–Crippen MR) is 123 cm³/mol. The van der Waals surface area contributed by atoms with Crippen LogP contribution in [-0.4, -0.2) is 46.2 Å². The molecule has 32 heavy (non-hydrogen) atoms. The Morgan fingerprint density at radius 2 is 1.72 bits per heavy atom. The third-order valence-electron chi connectivity index (χ3n) is 5.31. The van der Waals surface area contributed by atoms with Crippen LogP contribution in [0.4, 0.5) is 11.5 Å². The number of morpholine rings is 1. The highest BCUT2D eigenvalue weighted by Crippen LogP contribution is 2.31. The molecule has 0 amide bonds. The van der Waals surface area contributed by atoms with Gasteiger partial charge in [-0.05, 0) is 24.3 Å². The molecule has 1 fully saturated rings. The highest BCUT2D eigenvalue weighted by atomic mass is 35.5. The molecule has 9 heteroatoms. The average Bonchev–Trinajstić information content (AvgIpc) is 2.84. The summed E-state index contributed by atoms with van der Waals surface area (Å²) in [4.78, 5) is 27.2. The van der Waals surface area contributed by atoms with E-state index in [1.807, 2.05) is 36.4 Å². The van der Waals surface area contributed by atoms with E-state index in [0.29, 0.717) is 48.4 Å². The van der Waals surface area contributed by atoms with Crippen LogP contribution in [-0.2, 0) is 4.74 Å². The molecule has 1 saturated heterocycles. The fourth-order valence-electron chi connectivity index (χ4n) is 3.68. The van der Waals surface area contributed by atoms with Gasteiger partial charge in [-0.2, -0.15) is 0 Å². The van der Waals surface area contributed by atoms with Gasteiger partial charge in [-0.15, -0.1) is 0 Å². The van der Waals surface area contributed by atoms with Crippen LogP contribution in [0.5, 0.6) is 0 Å². The number of halogens is 1. The fraction of sp³-hybridized carbons (Fsp3) is 0.174. The van der Waals surface area contributed by atoms with Crippen LogP contribution >= 0.6 is 11.6 Å². The molecule has 3 heterocycles. The highest BCUT2D eigenvalue weighted by molar-refractivity contribution is 6.30. The van der Waals surface area contributed by atoms with Crippen LogP contribution in [0.1, 0.15) is 0 Å². The highest BCUT2D eigenvalue weighted by Gasteiger charge is 2.20. The van der Waals surface area contributed by atoms with Gasteiger partial charge in [0.2, 0.25) is 0 Å². The summed E-state index contributed by atoms with van der Waals surface area (Å²) in [5.74, 6) is 1.14. The first-order chi connectivity index (χ1) is 15.6. The Morgan fingerprint density at radius 1 is 0.938 bits per heavy atom. The maximum absolute atomic E-state index is 11.3. The lowest BCUT2D eigenvalue weighted by molar-refractivity contribution is -0.384. The minimum absolute atomic E-state index is 0.0120. The largest absolute Gasteiger partial charge is 0.378 e. The second-order valence-electron chi connectivity index (χ2n) is 7.35. The van der Waals surface area contributed by atoms with Gasteiger partial charge < -0.3 is 9.64 Å². The van der Waals surface area contributed by atoms with E-state index in [2.05, 4.69) is 9.88 Å². The minimum Gasteiger partial charge on any atom is -0.378 e. The SMILES string of the molecule is O=[N+]([O-])c1cccc(-c2nc(N3CCOCC3)c3ccc(-c4ccc(Cl)cc4)nc3n2)c1. The number of aromatic nitrogens is 3. The summed E-state index contributed by atoms with van der Waals surface area (Å²) in [5, 5.41) is 12.7. The van der Waals surface area contributed by atoms with E-state index >= 15 is 0 Å². The average molecular weight is 448 g/mol. The van der Waals surface area contributed by atoms with Gasteiger partial charge in [0, 0.05) is 41.4 Å². The van der Waals surface area contributed by atoms with Crippen molar-refractivity contribution in [2.24, 2.45) is 0 Å². The van der Waals surface area contributed by atoms with Crippen LogP contribution in [0.15, 0.2) is 60.7 Å². The third kappa shape index (κ3) is 3.98. The quantitative estimate of drug-likeness (QED) is 0.329. The number of nitro benzene ring substituents is 1. The van der Waals surface area contributed by atoms with Crippen molar-refractivity contribution >= 4 is 34.1 Å². The first-order valence-electron chi connectivity index (χ1n) is 10.1. The topological polar surface area (TPSA) is 94.3 Å². The first-order valence-corrected chi connectivity index (χ1v) is 10.5. The molecule has 1 aliphatic heterocycles. The summed E-state index contributed by atoms with van der Waals surface area (Å²) in [6, 6.07) is 17.7. The second-order valence-corrected chi connectivity index (χ2v) is 7.79. The lowest BCUT2D eigenvalue weighted by Crippen LogP contribution is -2.37. The number of pyridine rings is 1. The number of nitrogens with zero attached hydrogens (tertiary/aromatic N) is 5. The molecular weight excluding hydrogens is 430 g/mol. The van der Waals surface area contributed by atoms with Gasteiger partial charge in [0.05, 0.1) is 29.2 Å². The summed E-state index contributed by atoms with van der Waals surface area (Å²) in [7, 11) is 0. The molecule has 8 nitrogen and oxygen atoms in total. The number of hydrogen-bond acceptors (Lipinski definition) is 7. The molecule has 0 bridgehead atoms. The Morgan fingerprint density at radius 3 is 2.47 bits per heavy atom. The normalized spacial score (nSPS) is 14.0. The number of benzene rings is 2. The van der Waals surface area contributed by atoms with Crippen molar-refractivity contribution in [3.05, 3.63) is 75.8 Å². The summed E-state index contributed by atoms with van der Waals surface area (Å²) >= 11 is 6.02. The molecule has 0 aliphatic carbocycles. The number of anilines is 1. The summed E-state index contributed by atoms with van der Waals surface area (Å²) in [5.41, 5.74) is 2.75. The number of rotatable bonds is 4.